The van der Waals surface area contributed by atoms with Crippen LogP contribution < -0.4 is 5.32 Å². The van der Waals surface area contributed by atoms with Crippen LogP contribution in [0.4, 0.5) is 0 Å². The molecule has 78 valence electrons. The highest BCUT2D eigenvalue weighted by molar-refractivity contribution is 7.15. The van der Waals surface area contributed by atoms with Crippen molar-refractivity contribution in [2.45, 2.75) is 19.5 Å². The number of hydrogen-bond donors (Lipinski definition) is 1. The number of nitrogens with zero attached hydrogens (tertiary/aromatic N) is 2. The number of nitrogens with one attached hydrogen (secondary N) is 1. The minimum Gasteiger partial charge on any atom is -0.312 e. The summed E-state index contributed by atoms with van der Waals surface area (Å²) in [5, 5.41) is 3.42. The van der Waals surface area contributed by atoms with Crippen molar-refractivity contribution in [1.29, 1.82) is 0 Å². The van der Waals surface area contributed by atoms with Gasteiger partial charge in [0.1, 0.15) is 0 Å². The lowest BCUT2D eigenvalue weighted by Crippen LogP contribution is -2.48. The van der Waals surface area contributed by atoms with Crippen LogP contribution in [0.3, 0.4) is 0 Å². The number of halogens is 1. The van der Waals surface area contributed by atoms with Crippen molar-refractivity contribution in [3.05, 3.63) is 15.5 Å². The zero-order chi connectivity index (χ0) is 9.97. The summed E-state index contributed by atoms with van der Waals surface area (Å²) in [6.07, 6.45) is 1.87. The molecule has 1 N–H and O–H groups in total. The van der Waals surface area contributed by atoms with Crippen molar-refractivity contribution < 1.29 is 0 Å². The van der Waals surface area contributed by atoms with E-state index in [1.165, 1.54) is 4.88 Å². The van der Waals surface area contributed by atoms with Gasteiger partial charge in [-0.1, -0.05) is 11.6 Å². The lowest BCUT2D eigenvalue weighted by Gasteiger charge is -2.31. The Kier molecular flexibility index (Phi) is 3.38. The molecule has 1 aliphatic rings. The normalized spacial score (nSPS) is 24.0. The average Bonchev–Trinajstić information content (AvgIpc) is 2.51. The number of piperazine rings is 1. The van der Waals surface area contributed by atoms with Gasteiger partial charge in [0, 0.05) is 43.3 Å². The highest BCUT2D eigenvalue weighted by atomic mass is 35.5. The molecule has 0 bridgehead atoms. The summed E-state index contributed by atoms with van der Waals surface area (Å²) in [5.74, 6) is 0. The van der Waals surface area contributed by atoms with Crippen LogP contribution in [0, 0.1) is 0 Å². The van der Waals surface area contributed by atoms with Gasteiger partial charge in [0.05, 0.1) is 0 Å². The highest BCUT2D eigenvalue weighted by Gasteiger charge is 2.16. The Morgan fingerprint density at radius 1 is 1.79 bits per heavy atom. The Balaban J connectivity index is 1.90. The molecule has 0 amide bonds. The predicted molar refractivity (Wildman–Crippen MR) is 59.9 cm³/mol. The molecule has 0 saturated carbocycles. The van der Waals surface area contributed by atoms with Gasteiger partial charge in [-0.05, 0) is 6.92 Å². The van der Waals surface area contributed by atoms with Crippen molar-refractivity contribution in [2.75, 3.05) is 19.6 Å². The summed E-state index contributed by atoms with van der Waals surface area (Å²) in [6, 6.07) is 0.590. The third-order valence-corrected chi connectivity index (χ3v) is 3.46. The van der Waals surface area contributed by atoms with E-state index in [2.05, 4.69) is 22.1 Å². The Bertz CT molecular complexity index is 302. The van der Waals surface area contributed by atoms with Crippen LogP contribution in [-0.2, 0) is 6.54 Å². The van der Waals surface area contributed by atoms with Crippen LogP contribution in [0.1, 0.15) is 11.8 Å². The first-order valence-electron chi connectivity index (χ1n) is 4.80. The third kappa shape index (κ3) is 2.67. The van der Waals surface area contributed by atoms with E-state index in [1.54, 1.807) is 11.3 Å². The molecule has 0 aliphatic carbocycles. The first kappa shape index (κ1) is 10.4. The van der Waals surface area contributed by atoms with Gasteiger partial charge in [-0.15, -0.1) is 11.3 Å². The molecule has 1 aromatic rings. The van der Waals surface area contributed by atoms with E-state index in [9.17, 15) is 0 Å². The standard InChI is InChI=1S/C9H14ClN3S/c1-7-5-13(3-2-11-7)6-8-4-12-9(10)14-8/h4,7,11H,2-3,5-6H2,1H3/t7-/m0/s1. The van der Waals surface area contributed by atoms with Crippen molar-refractivity contribution in [3.8, 4) is 0 Å². The molecular formula is C9H14ClN3S. The summed E-state index contributed by atoms with van der Waals surface area (Å²) in [6.45, 7) is 6.49. The van der Waals surface area contributed by atoms with Crippen LogP contribution in [0.2, 0.25) is 4.47 Å². The lowest BCUT2D eigenvalue weighted by atomic mass is 10.2. The molecule has 14 heavy (non-hydrogen) atoms. The lowest BCUT2D eigenvalue weighted by molar-refractivity contribution is 0.201. The summed E-state index contributed by atoms with van der Waals surface area (Å²) >= 11 is 7.36. The van der Waals surface area contributed by atoms with Gasteiger partial charge >= 0.3 is 0 Å². The molecule has 0 aromatic carbocycles. The van der Waals surface area contributed by atoms with Crippen molar-refractivity contribution in [2.24, 2.45) is 0 Å². The van der Waals surface area contributed by atoms with E-state index < -0.39 is 0 Å². The van der Waals surface area contributed by atoms with Crippen LogP contribution in [0.15, 0.2) is 6.20 Å². The van der Waals surface area contributed by atoms with Gasteiger partial charge in [0.2, 0.25) is 0 Å². The van der Waals surface area contributed by atoms with E-state index in [0.29, 0.717) is 10.5 Å². The summed E-state index contributed by atoms with van der Waals surface area (Å²) in [7, 11) is 0. The first-order valence-corrected chi connectivity index (χ1v) is 5.99. The van der Waals surface area contributed by atoms with Gasteiger partial charge in [0.25, 0.3) is 0 Å². The Labute approximate surface area is 93.1 Å². The first-order chi connectivity index (χ1) is 6.74. The molecule has 1 fully saturated rings. The van der Waals surface area contributed by atoms with Gasteiger partial charge in [-0.2, -0.15) is 0 Å². The SMILES string of the molecule is C[C@H]1CN(Cc2cnc(Cl)s2)CCN1. The van der Waals surface area contributed by atoms with Crippen LogP contribution in [0.5, 0.6) is 0 Å². The maximum atomic E-state index is 5.78. The minimum absolute atomic E-state index is 0.590. The van der Waals surface area contributed by atoms with E-state index >= 15 is 0 Å². The zero-order valence-electron chi connectivity index (χ0n) is 8.16. The molecule has 1 aromatic heterocycles. The summed E-state index contributed by atoms with van der Waals surface area (Å²) in [4.78, 5) is 7.73. The Morgan fingerprint density at radius 3 is 3.29 bits per heavy atom. The van der Waals surface area contributed by atoms with Gasteiger partial charge in [0.15, 0.2) is 4.47 Å². The minimum atomic E-state index is 0.590. The number of hydrogen-bond acceptors (Lipinski definition) is 4. The van der Waals surface area contributed by atoms with E-state index in [4.69, 9.17) is 11.6 Å². The highest BCUT2D eigenvalue weighted by Crippen LogP contribution is 2.19. The fourth-order valence-corrected chi connectivity index (χ4v) is 2.75. The molecule has 1 atom stereocenters. The molecule has 5 heteroatoms. The monoisotopic (exact) mass is 231 g/mol. The molecule has 1 saturated heterocycles. The second kappa shape index (κ2) is 4.57. The van der Waals surface area contributed by atoms with Crippen LogP contribution in [-0.4, -0.2) is 35.6 Å². The molecule has 2 rings (SSSR count). The largest absolute Gasteiger partial charge is 0.312 e. The fourth-order valence-electron chi connectivity index (χ4n) is 1.73. The molecular weight excluding hydrogens is 218 g/mol. The molecule has 2 heterocycles. The van der Waals surface area contributed by atoms with Crippen LogP contribution >= 0.6 is 22.9 Å². The van der Waals surface area contributed by atoms with Gasteiger partial charge in [-0.3, -0.25) is 4.90 Å². The van der Waals surface area contributed by atoms with Crippen molar-refractivity contribution in [3.63, 3.8) is 0 Å². The topological polar surface area (TPSA) is 28.2 Å². The second-order valence-electron chi connectivity index (χ2n) is 3.67. The van der Waals surface area contributed by atoms with Crippen molar-refractivity contribution in [1.82, 2.24) is 15.2 Å². The molecule has 0 spiro atoms. The van der Waals surface area contributed by atoms with Crippen LogP contribution in [0.25, 0.3) is 0 Å². The van der Waals surface area contributed by atoms with Gasteiger partial charge < -0.3 is 5.32 Å². The fraction of sp³-hybridized carbons (Fsp3) is 0.667. The molecule has 0 unspecified atom stereocenters. The maximum Gasteiger partial charge on any atom is 0.183 e. The van der Waals surface area contributed by atoms with E-state index in [1.807, 2.05) is 6.20 Å². The maximum absolute atomic E-state index is 5.78. The zero-order valence-corrected chi connectivity index (χ0v) is 9.74. The molecule has 0 radical (unpaired) electrons. The summed E-state index contributed by atoms with van der Waals surface area (Å²) in [5.41, 5.74) is 0. The predicted octanol–water partition coefficient (Wildman–Crippen LogP) is 1.59. The number of aromatic nitrogens is 1. The third-order valence-electron chi connectivity index (χ3n) is 2.36. The number of thiazole rings is 1. The average molecular weight is 232 g/mol. The second-order valence-corrected chi connectivity index (χ2v) is 5.37. The summed E-state index contributed by atoms with van der Waals surface area (Å²) < 4.78 is 0.642. The Hall–Kier alpha value is -0.160. The molecule has 1 aliphatic heterocycles. The van der Waals surface area contributed by atoms with E-state index in [0.717, 1.165) is 26.2 Å². The van der Waals surface area contributed by atoms with Crippen molar-refractivity contribution >= 4 is 22.9 Å². The van der Waals surface area contributed by atoms with Gasteiger partial charge in [-0.25, -0.2) is 4.98 Å². The van der Waals surface area contributed by atoms with E-state index in [-0.39, 0.29) is 0 Å². The molecule has 3 nitrogen and oxygen atoms in total. The smallest absolute Gasteiger partial charge is 0.183 e. The number of rotatable bonds is 2. The Morgan fingerprint density at radius 2 is 2.64 bits per heavy atom. The quantitative estimate of drug-likeness (QED) is 0.838.